The van der Waals surface area contributed by atoms with Crippen LogP contribution in [0.4, 0.5) is 0 Å². The van der Waals surface area contributed by atoms with Gasteiger partial charge in [-0.05, 0) is 96.9 Å². The van der Waals surface area contributed by atoms with Crippen LogP contribution in [0.2, 0.25) is 0 Å². The molecular formula is C45H72IN3O11. The van der Waals surface area contributed by atoms with Gasteiger partial charge < -0.3 is 53.2 Å². The SMILES string of the molecule is C#CCCN(C)[C@@H]1C[C@H](O[C@@H]2[C@@H](C)[C@H](O[C@H]3C[C@@](C)(OC)[C@@H](O)[C@H](C)O3)[C@@H](C)C(=O)O[C@H](I)[C@@](C)(OC=O)[C@@H]3NC4CCCCC4N=C([C@@H]4CO[C@]2(C)C4)[C@@H]3C)O[C@H](C)C1. The van der Waals surface area contributed by atoms with Gasteiger partial charge in [-0.15, -0.1) is 12.3 Å². The molecule has 0 aromatic heterocycles. The van der Waals surface area contributed by atoms with Crippen LogP contribution in [0.15, 0.2) is 4.99 Å². The highest BCUT2D eigenvalue weighted by Crippen LogP contribution is 2.46. The molecular weight excluding hydrogens is 885 g/mol. The molecule has 4 bridgehead atoms. The molecule has 0 aromatic carbocycles. The normalized spacial score (nSPS) is 47.8. The van der Waals surface area contributed by atoms with Crippen LogP contribution in [0.25, 0.3) is 0 Å². The number of ether oxygens (including phenoxy) is 8. The topological polar surface area (TPSA) is 156 Å². The smallest absolute Gasteiger partial charge is 0.312 e. The zero-order valence-corrected chi connectivity index (χ0v) is 39.6. The largest absolute Gasteiger partial charge is 0.455 e. The van der Waals surface area contributed by atoms with Crippen molar-refractivity contribution in [2.75, 3.05) is 27.3 Å². The maximum Gasteiger partial charge on any atom is 0.312 e. The van der Waals surface area contributed by atoms with Crippen molar-refractivity contribution in [3.63, 3.8) is 0 Å². The number of terminal acetylenes is 1. The standard InChI is InChI=1S/C45H72IN3O11/c1-12-13-18-49(10)31-19-25(2)56-34(20-31)59-40-27(4)37(58-35-22-43(7,53-11)39(51)29(6)57-35)28(5)41(52)60-42(46)45(9,55-24-50)38-26(3)36(30-21-44(40,8)54-23-30)47-32-16-14-15-17-33(32)48-38/h1,24-35,37-40,42,48,51H,13-23H2,2-11H3/t25-,26+,27+,28-,29+,30+,31+,32?,33?,34+,35+,37+,38-,39+,40-,42+,43-,44-,45+/m1/s1. The molecule has 5 heterocycles. The minimum atomic E-state index is -1.26. The number of rotatable bonds is 10. The minimum Gasteiger partial charge on any atom is -0.455 e. The molecule has 60 heavy (non-hydrogen) atoms. The van der Waals surface area contributed by atoms with E-state index in [4.69, 9.17) is 49.3 Å². The summed E-state index contributed by atoms with van der Waals surface area (Å²) in [5.74, 6) is 0.624. The Hall–Kier alpha value is -1.46. The van der Waals surface area contributed by atoms with Crippen LogP contribution in [0.3, 0.4) is 0 Å². The lowest BCUT2D eigenvalue weighted by Gasteiger charge is -2.48. The van der Waals surface area contributed by atoms with E-state index in [1.165, 1.54) is 0 Å². The molecule has 19 atom stereocenters. The summed E-state index contributed by atoms with van der Waals surface area (Å²) >= 11 is 2.10. The average molecular weight is 958 g/mol. The highest BCUT2D eigenvalue weighted by atomic mass is 127. The minimum absolute atomic E-state index is 0.0536. The Bertz CT molecular complexity index is 1570. The number of halogens is 1. The van der Waals surface area contributed by atoms with E-state index in [2.05, 4.69) is 66.5 Å². The molecule has 15 heteroatoms. The van der Waals surface area contributed by atoms with Crippen molar-refractivity contribution in [2.24, 2.45) is 28.7 Å². The van der Waals surface area contributed by atoms with Crippen LogP contribution in [0.5, 0.6) is 0 Å². The van der Waals surface area contributed by atoms with Crippen molar-refractivity contribution in [1.82, 2.24) is 10.2 Å². The number of cyclic esters (lactones) is 1. The van der Waals surface area contributed by atoms with Crippen LogP contribution in [0, 0.1) is 36.0 Å². The van der Waals surface area contributed by atoms with Gasteiger partial charge in [0.2, 0.25) is 0 Å². The van der Waals surface area contributed by atoms with Crippen molar-refractivity contribution < 1.29 is 52.6 Å². The van der Waals surface area contributed by atoms with Crippen molar-refractivity contribution in [3.8, 4) is 12.3 Å². The van der Waals surface area contributed by atoms with Gasteiger partial charge in [-0.1, -0.05) is 26.7 Å². The Labute approximate surface area is 371 Å². The van der Waals surface area contributed by atoms with Crippen LogP contribution in [0.1, 0.15) is 113 Å². The zero-order valence-electron chi connectivity index (χ0n) is 37.5. The van der Waals surface area contributed by atoms with Crippen LogP contribution in [-0.2, 0) is 47.5 Å². The molecule has 340 valence electrons. The molecule has 1 aliphatic carbocycles. The van der Waals surface area contributed by atoms with Gasteiger partial charge in [-0.25, -0.2) is 0 Å². The van der Waals surface area contributed by atoms with E-state index in [0.717, 1.165) is 44.4 Å². The molecule has 1 saturated carbocycles. The molecule has 2 unspecified atom stereocenters. The molecule has 6 aliphatic rings. The van der Waals surface area contributed by atoms with Gasteiger partial charge in [-0.2, -0.15) is 0 Å². The summed E-state index contributed by atoms with van der Waals surface area (Å²) in [5.41, 5.74) is -2.08. The van der Waals surface area contributed by atoms with E-state index in [-0.39, 0.29) is 42.5 Å². The first-order chi connectivity index (χ1) is 28.4. The molecule has 6 rings (SSSR count). The third-order valence-corrected chi connectivity index (χ3v) is 16.4. The van der Waals surface area contributed by atoms with Gasteiger partial charge in [-0.3, -0.25) is 14.6 Å². The highest BCUT2D eigenvalue weighted by Gasteiger charge is 2.57. The number of fused-ring (bicyclic) bond motifs is 6. The number of carbonyl (C=O) groups excluding carboxylic acids is 2. The number of nitrogens with one attached hydrogen (secondary N) is 1. The highest BCUT2D eigenvalue weighted by molar-refractivity contribution is 14.1. The van der Waals surface area contributed by atoms with Crippen molar-refractivity contribution >= 4 is 40.7 Å². The monoisotopic (exact) mass is 957 g/mol. The number of aliphatic imine (C=N–C) groups is 1. The maximum absolute atomic E-state index is 14.7. The first kappa shape index (κ1) is 48.0. The summed E-state index contributed by atoms with van der Waals surface area (Å²) in [4.78, 5) is 34.9. The summed E-state index contributed by atoms with van der Waals surface area (Å²) in [7, 11) is 3.66. The van der Waals surface area contributed by atoms with Crippen molar-refractivity contribution in [3.05, 3.63) is 0 Å². The number of carbonyl (C=O) groups is 2. The van der Waals surface area contributed by atoms with Crippen molar-refractivity contribution in [2.45, 2.75) is 201 Å². The second kappa shape index (κ2) is 19.7. The van der Waals surface area contributed by atoms with Gasteiger partial charge in [0.1, 0.15) is 6.10 Å². The van der Waals surface area contributed by atoms with Gasteiger partial charge in [0.05, 0.1) is 60.2 Å². The summed E-state index contributed by atoms with van der Waals surface area (Å²) in [6.07, 6.45) is 8.14. The van der Waals surface area contributed by atoms with Crippen molar-refractivity contribution in [1.29, 1.82) is 0 Å². The second-order valence-electron chi connectivity index (χ2n) is 19.3. The lowest BCUT2D eigenvalue weighted by Crippen LogP contribution is -2.63. The number of nitrogens with zero attached hydrogens (tertiary/aromatic N) is 2. The lowest BCUT2D eigenvalue weighted by molar-refractivity contribution is -0.308. The third kappa shape index (κ3) is 9.93. The maximum atomic E-state index is 14.7. The quantitative estimate of drug-likeness (QED) is 0.0973. The Kier molecular flexibility index (Phi) is 15.8. The van der Waals surface area contributed by atoms with E-state index in [0.29, 0.717) is 32.3 Å². The van der Waals surface area contributed by atoms with Crippen LogP contribution >= 0.6 is 22.6 Å². The Morgan fingerprint density at radius 2 is 1.78 bits per heavy atom. The summed E-state index contributed by atoms with van der Waals surface area (Å²) < 4.78 is 51.5. The predicted octanol–water partition coefficient (Wildman–Crippen LogP) is 5.18. The summed E-state index contributed by atoms with van der Waals surface area (Å²) in [6, 6.07) is -0.123. The lowest BCUT2D eigenvalue weighted by atomic mass is 9.75. The fourth-order valence-electron chi connectivity index (χ4n) is 11.1. The van der Waals surface area contributed by atoms with Gasteiger partial charge in [0.25, 0.3) is 6.47 Å². The first-order valence-corrected chi connectivity index (χ1v) is 23.5. The van der Waals surface area contributed by atoms with E-state index < -0.39 is 81.8 Å². The van der Waals surface area contributed by atoms with E-state index in [1.54, 1.807) is 21.0 Å². The third-order valence-electron chi connectivity index (χ3n) is 14.9. The second-order valence-corrected chi connectivity index (χ2v) is 20.4. The Balaban J connectivity index is 1.44. The van der Waals surface area contributed by atoms with Gasteiger partial charge >= 0.3 is 5.97 Å². The summed E-state index contributed by atoms with van der Waals surface area (Å²) in [5, 5.41) is 15.0. The predicted molar refractivity (Wildman–Crippen MR) is 233 cm³/mol. The fraction of sp³-hybridized carbons (Fsp3) is 0.889. The van der Waals surface area contributed by atoms with E-state index in [9.17, 15) is 14.7 Å². The molecule has 0 radical (unpaired) electrons. The number of methoxy groups -OCH3 is 1. The number of aliphatic hydroxyl groups is 1. The molecule has 0 aromatic rings. The average Bonchev–Trinajstić information content (AvgIpc) is 3.54. The molecule has 5 fully saturated rings. The molecule has 0 amide bonds. The van der Waals surface area contributed by atoms with Crippen LogP contribution in [-0.4, -0.2) is 144 Å². The van der Waals surface area contributed by atoms with Gasteiger partial charge in [0.15, 0.2) is 22.3 Å². The Morgan fingerprint density at radius 3 is 2.48 bits per heavy atom. The number of alkyl halides is 1. The fourth-order valence-corrected chi connectivity index (χ4v) is 11.9. The van der Waals surface area contributed by atoms with E-state index >= 15 is 0 Å². The number of esters is 1. The molecule has 2 N–H and O–H groups in total. The van der Waals surface area contributed by atoms with Gasteiger partial charge in [0, 0.05) is 68.5 Å². The van der Waals surface area contributed by atoms with E-state index in [1.807, 2.05) is 20.8 Å². The first-order valence-electron chi connectivity index (χ1n) is 22.3. The molecule has 14 nitrogen and oxygen atoms in total. The number of hydrogen-bond donors (Lipinski definition) is 2. The summed E-state index contributed by atoms with van der Waals surface area (Å²) in [6.45, 7) is 17.2. The molecule has 0 spiro atoms. The molecule has 4 saturated heterocycles. The molecule has 5 aliphatic heterocycles. The number of hydrogen-bond acceptors (Lipinski definition) is 14. The Morgan fingerprint density at radius 1 is 1.05 bits per heavy atom. The number of aliphatic hydroxyl groups excluding tert-OH is 1. The zero-order chi connectivity index (χ0) is 43.7. The van der Waals surface area contributed by atoms with Crippen LogP contribution < -0.4 is 5.32 Å².